The number of benzene rings is 7. The van der Waals surface area contributed by atoms with Crippen LogP contribution in [0.15, 0.2) is 138 Å². The number of hydrogen-bond donors (Lipinski definition) is 5. The fraction of sp³-hybridized carbons (Fsp3) is 0.429. The predicted octanol–water partition coefficient (Wildman–Crippen LogP) is 17.0. The van der Waals surface area contributed by atoms with Crippen LogP contribution in [0.5, 0.6) is 11.5 Å². The zero-order valence-corrected chi connectivity index (χ0v) is 66.2. The van der Waals surface area contributed by atoms with Crippen LogP contribution >= 0.6 is 0 Å². The Morgan fingerprint density at radius 3 is 1.50 bits per heavy atom. The maximum atomic E-state index is 14.2. The van der Waals surface area contributed by atoms with Crippen LogP contribution in [0, 0.1) is 35.5 Å². The highest BCUT2D eigenvalue weighted by Crippen LogP contribution is 2.50. The lowest BCUT2D eigenvalue weighted by atomic mass is 9.81. The number of Topliss-reactive ketones (excluding diaryl/α,β-unsaturated/α-hetero) is 2. The van der Waals surface area contributed by atoms with Crippen LogP contribution in [0.3, 0.4) is 0 Å². The third kappa shape index (κ3) is 15.2. The second-order valence-electron chi connectivity index (χ2n) is 32.2. The number of ketones is 2. The van der Waals surface area contributed by atoms with Gasteiger partial charge in [-0.1, -0.05) is 107 Å². The van der Waals surface area contributed by atoms with Crippen molar-refractivity contribution in [2.24, 2.45) is 45.5 Å². The highest BCUT2D eigenvalue weighted by atomic mass is 16.5. The van der Waals surface area contributed by atoms with Crippen molar-refractivity contribution in [3.8, 4) is 56.3 Å². The minimum Gasteiger partial charge on any atom is -0.488 e. The highest BCUT2D eigenvalue weighted by molar-refractivity contribution is 6.08. The van der Waals surface area contributed by atoms with Gasteiger partial charge >= 0.3 is 18.3 Å². The molecule has 4 amide bonds. The summed E-state index contributed by atoms with van der Waals surface area (Å²) in [6.07, 6.45) is 12.3. The molecule has 2 aromatic heterocycles. The zero-order valence-electron chi connectivity index (χ0n) is 66.2. The second kappa shape index (κ2) is 32.8. The van der Waals surface area contributed by atoms with Gasteiger partial charge in [0.15, 0.2) is 11.6 Å². The number of aromatic nitrogens is 4. The van der Waals surface area contributed by atoms with E-state index in [4.69, 9.17) is 53.1 Å². The van der Waals surface area contributed by atoms with E-state index < -0.39 is 36.4 Å². The summed E-state index contributed by atoms with van der Waals surface area (Å²) < 4.78 is 39.6. The van der Waals surface area contributed by atoms with Crippen molar-refractivity contribution < 1.29 is 61.9 Å². The van der Waals surface area contributed by atoms with E-state index in [1.165, 1.54) is 63.7 Å². The number of hydrogen-bond acceptors (Lipinski definition) is 17. The summed E-state index contributed by atoms with van der Waals surface area (Å²) in [5.74, 6) is 2.80. The van der Waals surface area contributed by atoms with E-state index in [-0.39, 0.29) is 71.2 Å². The molecule has 7 heterocycles. The number of methoxy groups -OCH3 is 3. The Morgan fingerprint density at radius 2 is 1.02 bits per heavy atom. The van der Waals surface area contributed by atoms with Gasteiger partial charge in [0.2, 0.25) is 0 Å². The molecule has 114 heavy (non-hydrogen) atoms. The summed E-state index contributed by atoms with van der Waals surface area (Å²) >= 11 is 0. The van der Waals surface area contributed by atoms with Gasteiger partial charge in [-0.25, -0.2) is 24.4 Å². The van der Waals surface area contributed by atoms with Crippen molar-refractivity contribution >= 4 is 80.1 Å². The van der Waals surface area contributed by atoms with Gasteiger partial charge in [-0.3, -0.25) is 24.4 Å². The Bertz CT molecular complexity index is 5270. The second-order valence-corrected chi connectivity index (χ2v) is 32.2. The van der Waals surface area contributed by atoms with Crippen molar-refractivity contribution in [3.63, 3.8) is 0 Å². The molecule has 4 fully saturated rings. The number of aromatic amines is 2. The molecule has 3 aliphatic carbocycles. The van der Waals surface area contributed by atoms with E-state index in [2.05, 4.69) is 111 Å². The number of carbonyl (C=O) groups is 6. The molecule has 8 aliphatic rings. The number of H-pyrrole nitrogens is 2. The molecule has 10 atom stereocenters. The maximum Gasteiger partial charge on any atom is 0.407 e. The summed E-state index contributed by atoms with van der Waals surface area (Å²) in [5, 5.41) is 12.7. The molecule has 9 aromatic rings. The molecule has 5 aliphatic heterocycles. The molecule has 5 N–H and O–H groups in total. The number of nitrogens with zero attached hydrogens (tertiary/aromatic N) is 5. The van der Waals surface area contributed by atoms with Crippen LogP contribution in [-0.2, 0) is 64.1 Å². The molecule has 592 valence electrons. The summed E-state index contributed by atoms with van der Waals surface area (Å²) in [6.45, 7) is 14.3. The monoisotopic (exact) mass is 1540 g/mol. The van der Waals surface area contributed by atoms with Crippen molar-refractivity contribution in [1.82, 2.24) is 40.8 Å². The number of amides is 4. The van der Waals surface area contributed by atoms with Gasteiger partial charge < -0.3 is 64.0 Å². The first kappa shape index (κ1) is 76.9. The zero-order chi connectivity index (χ0) is 79.2. The van der Waals surface area contributed by atoms with Gasteiger partial charge in [0.1, 0.15) is 42.4 Å². The number of alkyl carbamates (subject to hydrolysis) is 3. The van der Waals surface area contributed by atoms with Gasteiger partial charge in [-0.05, 0) is 197 Å². The first-order valence-electron chi connectivity index (χ1n) is 40.5. The molecule has 2 unspecified atom stereocenters. The van der Waals surface area contributed by atoms with E-state index in [0.717, 1.165) is 131 Å². The van der Waals surface area contributed by atoms with Gasteiger partial charge in [-0.2, -0.15) is 0 Å². The van der Waals surface area contributed by atoms with E-state index in [0.29, 0.717) is 82.4 Å². The minimum absolute atomic E-state index is 0.00982. The third-order valence-corrected chi connectivity index (χ3v) is 24.7. The quantitative estimate of drug-likeness (QED) is 0.0418. The normalized spacial score (nSPS) is 21.2. The standard InChI is InChI=1S/C50H54N6O8.C41H46N4O5/c1-6-63-32-21-35(38(22-32)46(57)44(27(2)3)54-49(59)61-4)40-23-36-34-24-43-37(20-29(34)15-17-39(36)52-40)33-16-14-30(19-31(33)26-64-43)41-25-51-47(53-41)42-13-10-18-56(42)48(58)45(55-50(60)62-5)28-11-8-7-9-12-28;1-5-49-27-16-30(33(17-27)39(46)38(22(2)3)45-41(47)48-4)35-18-31-29-19-37-32(15-24(29)11-13-34(31)43-35)28-12-10-25(14-26(28)21-50-37)36-20-42-40(44-36)23-8-6-7-9-23/h7-9,11-12,14-17,19-20,24-25,27,32,35,38,42,44-45H,6,10,13,18,21-23,26H2,1-5H3,(H,51,53)(H,54,59)(H,55,60);10-15,19-20,22-23,27,30,33,38H,5-9,16-18,21H2,1-4H3,(H,42,44)(H,45,47)/t32-,35+,38?,42-,44-,45+;27-,30+,33?,38-/m00/s1. The van der Waals surface area contributed by atoms with E-state index >= 15 is 0 Å². The molecular formula is C91H100N10O13. The third-order valence-electron chi connectivity index (χ3n) is 24.7. The number of likely N-dealkylation sites (tertiary alicyclic amines) is 1. The van der Waals surface area contributed by atoms with Crippen LogP contribution < -0.4 is 25.4 Å². The maximum absolute atomic E-state index is 14.2. The molecule has 0 spiro atoms. The van der Waals surface area contributed by atoms with Crippen LogP contribution in [0.1, 0.15) is 163 Å². The Kier molecular flexibility index (Phi) is 22.1. The Balaban J connectivity index is 0.000000177. The Morgan fingerprint density at radius 1 is 0.535 bits per heavy atom. The average molecular weight is 1540 g/mol. The van der Waals surface area contributed by atoms with E-state index in [9.17, 15) is 28.8 Å². The SMILES string of the molecule is CCO[C@@H]1CC(C(=O)[C@@H](NC(=O)OC)C(C)C)[C@H](C2=Nc3ccc4cc5c(cc4c3C2)OCc2cc(-c3cnc(C4CCCC4)[nH]3)ccc2-5)C1.CCO[C@@H]1CC(C(=O)[C@@H](NC(=O)OC)C(C)C)[C@H](C2=Nc3ccc4cc5c(cc4c3C2)OCc2cc(-c3cnc([C@@H]4CCCN4C(=O)[C@H](NC(=O)OC)c4ccccc4)[nH]3)ccc2-5)C1. The van der Waals surface area contributed by atoms with Crippen molar-refractivity contribution in [2.75, 3.05) is 41.1 Å². The van der Waals surface area contributed by atoms with Gasteiger partial charge in [0, 0.05) is 84.7 Å². The van der Waals surface area contributed by atoms with Gasteiger partial charge in [-0.15, -0.1) is 0 Å². The lowest BCUT2D eigenvalue weighted by Gasteiger charge is -2.28. The van der Waals surface area contributed by atoms with E-state index in [1.54, 1.807) is 4.90 Å². The molecule has 0 radical (unpaired) electrons. The number of rotatable bonds is 21. The molecule has 23 heteroatoms. The van der Waals surface area contributed by atoms with Crippen molar-refractivity contribution in [3.05, 3.63) is 167 Å². The lowest BCUT2D eigenvalue weighted by molar-refractivity contribution is -0.134. The average Bonchev–Trinajstić information content (AvgIpc) is 1.34. The van der Waals surface area contributed by atoms with Gasteiger partial charge in [0.05, 0.1) is 86.8 Å². The van der Waals surface area contributed by atoms with Crippen LogP contribution in [0.25, 0.3) is 66.3 Å². The number of ether oxygens (including phenoxy) is 7. The summed E-state index contributed by atoms with van der Waals surface area (Å²) in [4.78, 5) is 108. The van der Waals surface area contributed by atoms with Crippen LogP contribution in [0.2, 0.25) is 0 Å². The fourth-order valence-corrected chi connectivity index (χ4v) is 19.0. The highest BCUT2D eigenvalue weighted by Gasteiger charge is 2.48. The lowest BCUT2D eigenvalue weighted by Crippen LogP contribution is -2.48. The molecule has 1 saturated heterocycles. The Hall–Kier alpha value is -11.0. The first-order chi connectivity index (χ1) is 55.3. The largest absolute Gasteiger partial charge is 0.488 e. The topological polar surface area (TPSA) is 288 Å². The van der Waals surface area contributed by atoms with Gasteiger partial charge in [0.25, 0.3) is 5.91 Å². The smallest absolute Gasteiger partial charge is 0.407 e. The van der Waals surface area contributed by atoms with Crippen molar-refractivity contribution in [2.45, 2.75) is 174 Å². The molecule has 7 aromatic carbocycles. The number of carbonyl (C=O) groups excluding carboxylic acids is 6. The van der Waals surface area contributed by atoms with Crippen LogP contribution in [0.4, 0.5) is 25.8 Å². The minimum atomic E-state index is -0.895. The summed E-state index contributed by atoms with van der Waals surface area (Å²) in [7, 11) is 3.91. The molecule has 3 saturated carbocycles. The molecule has 0 bridgehead atoms. The number of imidazole rings is 2. The van der Waals surface area contributed by atoms with E-state index in [1.807, 2.05) is 84.3 Å². The first-order valence-corrected chi connectivity index (χ1v) is 40.5. The number of nitrogens with one attached hydrogen (secondary N) is 5. The fourth-order valence-electron chi connectivity index (χ4n) is 19.0. The number of aliphatic imine (C=N–C) groups is 2. The molecular weight excluding hydrogens is 1440 g/mol. The van der Waals surface area contributed by atoms with Crippen molar-refractivity contribution in [1.29, 1.82) is 0 Å². The Labute approximate surface area is 663 Å². The molecule has 17 rings (SSSR count). The summed E-state index contributed by atoms with van der Waals surface area (Å²) in [5.41, 5.74) is 17.4. The summed E-state index contributed by atoms with van der Waals surface area (Å²) in [6, 6.07) is 36.8. The van der Waals surface area contributed by atoms with Crippen LogP contribution in [-0.4, -0.2) is 137 Å². The molecule has 23 nitrogen and oxygen atoms in total. The number of fused-ring (bicyclic) bond motifs is 12. The predicted molar refractivity (Wildman–Crippen MR) is 435 cm³/mol.